The van der Waals surface area contributed by atoms with E-state index in [0.29, 0.717) is 23.2 Å². The SMILES string of the molecule is O=C(Cn1[nH]c(=O)c2ccccc2c1=O)NC[C@@H]1CC2c3ccccc3C1c1ccccc12. The van der Waals surface area contributed by atoms with Gasteiger partial charge in [-0.25, -0.2) is 4.68 Å². The second-order valence-electron chi connectivity index (χ2n) is 8.97. The van der Waals surface area contributed by atoms with Crippen molar-refractivity contribution in [3.63, 3.8) is 0 Å². The van der Waals surface area contributed by atoms with E-state index in [9.17, 15) is 14.4 Å². The van der Waals surface area contributed by atoms with Crippen molar-refractivity contribution in [2.75, 3.05) is 6.54 Å². The summed E-state index contributed by atoms with van der Waals surface area (Å²) >= 11 is 0. The van der Waals surface area contributed by atoms with Crippen LogP contribution in [0.1, 0.15) is 40.5 Å². The third-order valence-corrected chi connectivity index (χ3v) is 7.17. The topological polar surface area (TPSA) is 84.0 Å². The van der Waals surface area contributed by atoms with E-state index in [2.05, 4.69) is 58.9 Å². The minimum Gasteiger partial charge on any atom is -0.354 e. The van der Waals surface area contributed by atoms with E-state index in [1.807, 2.05) is 0 Å². The van der Waals surface area contributed by atoms with Gasteiger partial charge in [0, 0.05) is 18.4 Å². The maximum absolute atomic E-state index is 12.8. The third-order valence-electron chi connectivity index (χ3n) is 7.17. The zero-order valence-electron chi connectivity index (χ0n) is 18.0. The fourth-order valence-corrected chi connectivity index (χ4v) is 5.76. The van der Waals surface area contributed by atoms with Crippen LogP contribution >= 0.6 is 0 Å². The lowest BCUT2D eigenvalue weighted by Crippen LogP contribution is -2.42. The molecular formula is C27H23N3O3. The molecule has 0 unspecified atom stereocenters. The summed E-state index contributed by atoms with van der Waals surface area (Å²) < 4.78 is 1.09. The Bertz CT molecular complexity index is 1470. The molecule has 1 amide bonds. The van der Waals surface area contributed by atoms with Gasteiger partial charge in [-0.05, 0) is 46.7 Å². The van der Waals surface area contributed by atoms with Gasteiger partial charge in [0.25, 0.3) is 11.1 Å². The van der Waals surface area contributed by atoms with E-state index in [1.54, 1.807) is 24.3 Å². The fraction of sp³-hybridized carbons (Fsp3) is 0.222. The molecule has 1 atom stereocenters. The summed E-state index contributed by atoms with van der Waals surface area (Å²) in [5.41, 5.74) is 4.73. The molecule has 0 aliphatic heterocycles. The molecule has 2 bridgehead atoms. The summed E-state index contributed by atoms with van der Waals surface area (Å²) in [6.45, 7) is 0.308. The second kappa shape index (κ2) is 7.59. The van der Waals surface area contributed by atoms with Crippen molar-refractivity contribution in [1.82, 2.24) is 15.1 Å². The van der Waals surface area contributed by atoms with E-state index in [-0.39, 0.29) is 35.4 Å². The first-order valence-electron chi connectivity index (χ1n) is 11.3. The van der Waals surface area contributed by atoms with Gasteiger partial charge in [0.05, 0.1) is 10.8 Å². The quantitative estimate of drug-likeness (QED) is 0.515. The van der Waals surface area contributed by atoms with Gasteiger partial charge in [0.15, 0.2) is 0 Å². The molecule has 1 aromatic heterocycles. The lowest BCUT2D eigenvalue weighted by atomic mass is 9.59. The highest BCUT2D eigenvalue weighted by atomic mass is 16.2. The van der Waals surface area contributed by atoms with Gasteiger partial charge < -0.3 is 5.32 Å². The van der Waals surface area contributed by atoms with E-state index in [1.165, 1.54) is 22.3 Å². The Labute approximate surface area is 189 Å². The smallest absolute Gasteiger partial charge is 0.273 e. The maximum atomic E-state index is 12.8. The van der Waals surface area contributed by atoms with Crippen molar-refractivity contribution in [3.05, 3.63) is 116 Å². The number of hydrogen-bond donors (Lipinski definition) is 2. The zero-order chi connectivity index (χ0) is 22.5. The van der Waals surface area contributed by atoms with Crippen LogP contribution in [-0.4, -0.2) is 22.2 Å². The number of nitrogens with one attached hydrogen (secondary N) is 2. The monoisotopic (exact) mass is 437 g/mol. The number of carbonyl (C=O) groups is 1. The average molecular weight is 437 g/mol. The minimum absolute atomic E-state index is 0.215. The highest BCUT2D eigenvalue weighted by molar-refractivity contribution is 5.81. The van der Waals surface area contributed by atoms with Crippen LogP contribution in [0.25, 0.3) is 10.8 Å². The molecule has 0 fully saturated rings. The number of amides is 1. The van der Waals surface area contributed by atoms with Gasteiger partial charge in [-0.15, -0.1) is 0 Å². The highest BCUT2D eigenvalue weighted by Crippen LogP contribution is 2.55. The van der Waals surface area contributed by atoms with Gasteiger partial charge in [-0.3, -0.25) is 19.5 Å². The number of benzene rings is 3. The Morgan fingerprint density at radius 3 is 2.09 bits per heavy atom. The fourth-order valence-electron chi connectivity index (χ4n) is 5.76. The van der Waals surface area contributed by atoms with Crippen LogP contribution in [-0.2, 0) is 11.3 Å². The van der Waals surface area contributed by atoms with Crippen molar-refractivity contribution >= 4 is 16.7 Å². The normalized spacial score (nSPS) is 20.3. The van der Waals surface area contributed by atoms with Crippen LogP contribution in [0.5, 0.6) is 0 Å². The first kappa shape index (κ1) is 19.7. The molecule has 6 heteroatoms. The molecule has 6 nitrogen and oxygen atoms in total. The largest absolute Gasteiger partial charge is 0.354 e. The number of aromatic nitrogens is 2. The zero-order valence-corrected chi connectivity index (χ0v) is 18.0. The van der Waals surface area contributed by atoms with Crippen LogP contribution < -0.4 is 16.4 Å². The molecule has 3 aliphatic carbocycles. The number of nitrogens with zero attached hydrogens (tertiary/aromatic N) is 1. The minimum atomic E-state index is -0.379. The van der Waals surface area contributed by atoms with E-state index in [0.717, 1.165) is 11.1 Å². The highest BCUT2D eigenvalue weighted by Gasteiger charge is 2.42. The molecule has 3 aromatic carbocycles. The Morgan fingerprint density at radius 2 is 1.42 bits per heavy atom. The summed E-state index contributed by atoms with van der Waals surface area (Å²) in [5.74, 6) is 0.567. The number of rotatable bonds is 4. The van der Waals surface area contributed by atoms with Crippen molar-refractivity contribution in [3.8, 4) is 0 Å². The Balaban J connectivity index is 1.24. The summed E-state index contributed by atoms with van der Waals surface area (Å²) in [6, 6.07) is 23.8. The van der Waals surface area contributed by atoms with Crippen LogP contribution in [0.15, 0.2) is 82.4 Å². The molecule has 33 heavy (non-hydrogen) atoms. The van der Waals surface area contributed by atoms with Crippen LogP contribution in [0.3, 0.4) is 0 Å². The van der Waals surface area contributed by atoms with Gasteiger partial charge in [0.2, 0.25) is 5.91 Å². The van der Waals surface area contributed by atoms with Crippen molar-refractivity contribution in [1.29, 1.82) is 0 Å². The lowest BCUT2D eigenvalue weighted by molar-refractivity contribution is -0.122. The van der Waals surface area contributed by atoms with Crippen LogP contribution in [0.2, 0.25) is 0 Å². The third kappa shape index (κ3) is 3.13. The van der Waals surface area contributed by atoms with E-state index >= 15 is 0 Å². The van der Waals surface area contributed by atoms with Crippen molar-refractivity contribution in [2.24, 2.45) is 5.92 Å². The summed E-state index contributed by atoms with van der Waals surface area (Å²) in [4.78, 5) is 37.8. The Kier molecular flexibility index (Phi) is 4.54. The molecule has 0 saturated carbocycles. The molecule has 0 radical (unpaired) electrons. The molecule has 164 valence electrons. The first-order valence-corrected chi connectivity index (χ1v) is 11.3. The number of aromatic amines is 1. The number of H-pyrrole nitrogens is 1. The predicted molar refractivity (Wildman–Crippen MR) is 127 cm³/mol. The lowest BCUT2D eigenvalue weighted by Gasteiger charge is -2.45. The molecule has 2 N–H and O–H groups in total. The predicted octanol–water partition coefficient (Wildman–Crippen LogP) is 3.10. The van der Waals surface area contributed by atoms with Gasteiger partial charge in [-0.1, -0.05) is 60.7 Å². The Morgan fingerprint density at radius 1 is 0.848 bits per heavy atom. The molecule has 0 spiro atoms. The van der Waals surface area contributed by atoms with E-state index < -0.39 is 0 Å². The molecular weight excluding hydrogens is 414 g/mol. The molecule has 7 rings (SSSR count). The molecule has 0 saturated heterocycles. The second-order valence-corrected chi connectivity index (χ2v) is 8.97. The first-order chi connectivity index (χ1) is 16.1. The summed E-state index contributed by atoms with van der Waals surface area (Å²) in [6.07, 6.45) is 0.978. The van der Waals surface area contributed by atoms with Gasteiger partial charge in [-0.2, -0.15) is 0 Å². The van der Waals surface area contributed by atoms with Crippen LogP contribution in [0, 0.1) is 5.92 Å². The van der Waals surface area contributed by atoms with Gasteiger partial charge in [0.1, 0.15) is 6.54 Å². The van der Waals surface area contributed by atoms with E-state index in [4.69, 9.17) is 0 Å². The molecule has 3 aliphatic rings. The Hall–Kier alpha value is -3.93. The maximum Gasteiger partial charge on any atom is 0.273 e. The standard InChI is InChI=1S/C27H23N3O3/c31-24(15-30-27(33)22-12-6-5-11-21(22)26(32)29-30)28-14-16-13-23-17-7-1-3-9-19(17)25(16)20-10-4-2-8-18(20)23/h1-12,16,23,25H,13-15H2,(H,28,31)(H,29,32)/t16-,23?,25?/m0/s1. The van der Waals surface area contributed by atoms with Crippen LogP contribution in [0.4, 0.5) is 0 Å². The summed E-state index contributed by atoms with van der Waals surface area (Å²) in [5, 5.41) is 6.19. The van der Waals surface area contributed by atoms with Crippen molar-refractivity contribution in [2.45, 2.75) is 24.8 Å². The van der Waals surface area contributed by atoms with Crippen molar-refractivity contribution < 1.29 is 4.79 Å². The number of hydrogen-bond acceptors (Lipinski definition) is 3. The summed E-state index contributed by atoms with van der Waals surface area (Å²) in [7, 11) is 0. The average Bonchev–Trinajstić information content (AvgIpc) is 2.86. The molecule has 1 heterocycles. The number of carbonyl (C=O) groups excluding carboxylic acids is 1. The number of fused-ring (bicyclic) bond motifs is 2. The molecule has 4 aromatic rings. The van der Waals surface area contributed by atoms with Gasteiger partial charge >= 0.3 is 0 Å².